The molecule has 0 bridgehead atoms. The van der Waals surface area contributed by atoms with Gasteiger partial charge in [0.2, 0.25) is 5.88 Å². The molecular formula is C13H7BrClN3O. The van der Waals surface area contributed by atoms with Gasteiger partial charge in [-0.25, -0.2) is 15.0 Å². The molecule has 0 aliphatic heterocycles. The first kappa shape index (κ1) is 12.3. The molecule has 4 nitrogen and oxygen atoms in total. The topological polar surface area (TPSA) is 47.9 Å². The third kappa shape index (κ3) is 2.52. The molecule has 0 saturated heterocycles. The van der Waals surface area contributed by atoms with E-state index in [-0.39, 0.29) is 0 Å². The SMILES string of the molecule is Clc1ccc2c(Oc3cccnc3Br)ncnc2c1. The molecule has 0 atom stereocenters. The predicted molar refractivity (Wildman–Crippen MR) is 76.6 cm³/mol. The Morgan fingerprint density at radius 1 is 1.11 bits per heavy atom. The summed E-state index contributed by atoms with van der Waals surface area (Å²) in [4.78, 5) is 12.4. The number of fused-ring (bicyclic) bond motifs is 1. The van der Waals surface area contributed by atoms with Crippen LogP contribution in [0.15, 0.2) is 47.5 Å². The van der Waals surface area contributed by atoms with Gasteiger partial charge in [0.25, 0.3) is 0 Å². The summed E-state index contributed by atoms with van der Waals surface area (Å²) in [5, 5.41) is 1.42. The van der Waals surface area contributed by atoms with Gasteiger partial charge in [-0.1, -0.05) is 11.6 Å². The molecule has 0 aliphatic rings. The van der Waals surface area contributed by atoms with Crippen LogP contribution >= 0.6 is 27.5 Å². The Balaban J connectivity index is 2.09. The van der Waals surface area contributed by atoms with E-state index in [9.17, 15) is 0 Å². The molecule has 0 radical (unpaired) electrons. The number of hydrogen-bond acceptors (Lipinski definition) is 4. The summed E-state index contributed by atoms with van der Waals surface area (Å²) in [6.45, 7) is 0. The Labute approximate surface area is 122 Å². The van der Waals surface area contributed by atoms with E-state index in [4.69, 9.17) is 16.3 Å². The van der Waals surface area contributed by atoms with Crippen LogP contribution in [0.4, 0.5) is 0 Å². The van der Waals surface area contributed by atoms with Crippen molar-refractivity contribution in [2.75, 3.05) is 0 Å². The van der Waals surface area contributed by atoms with Crippen LogP contribution in [0.25, 0.3) is 10.9 Å². The highest BCUT2D eigenvalue weighted by atomic mass is 79.9. The van der Waals surface area contributed by atoms with Crippen LogP contribution in [-0.4, -0.2) is 15.0 Å². The molecule has 19 heavy (non-hydrogen) atoms. The number of halogens is 2. The van der Waals surface area contributed by atoms with E-state index in [1.165, 1.54) is 6.33 Å². The molecule has 0 aliphatic carbocycles. The van der Waals surface area contributed by atoms with Crippen molar-refractivity contribution < 1.29 is 4.74 Å². The smallest absolute Gasteiger partial charge is 0.230 e. The minimum atomic E-state index is 0.468. The fraction of sp³-hybridized carbons (Fsp3) is 0. The summed E-state index contributed by atoms with van der Waals surface area (Å²) < 4.78 is 6.38. The zero-order valence-corrected chi connectivity index (χ0v) is 11.9. The van der Waals surface area contributed by atoms with Gasteiger partial charge in [-0.05, 0) is 46.3 Å². The van der Waals surface area contributed by atoms with Gasteiger partial charge >= 0.3 is 0 Å². The molecule has 0 N–H and O–H groups in total. The Hall–Kier alpha value is -1.72. The summed E-state index contributed by atoms with van der Waals surface area (Å²) >= 11 is 9.27. The maximum Gasteiger partial charge on any atom is 0.230 e. The number of pyridine rings is 1. The number of nitrogens with zero attached hydrogens (tertiary/aromatic N) is 3. The maximum atomic E-state index is 5.94. The summed E-state index contributed by atoms with van der Waals surface area (Å²) in [5.41, 5.74) is 0.734. The van der Waals surface area contributed by atoms with Crippen molar-refractivity contribution in [3.8, 4) is 11.6 Å². The largest absolute Gasteiger partial charge is 0.435 e. The fourth-order valence-corrected chi connectivity index (χ4v) is 2.14. The van der Waals surface area contributed by atoms with Crippen molar-refractivity contribution in [1.82, 2.24) is 15.0 Å². The Morgan fingerprint density at radius 2 is 2.00 bits per heavy atom. The first-order valence-electron chi connectivity index (χ1n) is 5.43. The van der Waals surface area contributed by atoms with Crippen LogP contribution in [0.1, 0.15) is 0 Å². The molecule has 3 aromatic rings. The summed E-state index contributed by atoms with van der Waals surface area (Å²) in [6, 6.07) is 8.97. The molecule has 2 aromatic heterocycles. The lowest BCUT2D eigenvalue weighted by Gasteiger charge is -2.08. The second-order valence-corrected chi connectivity index (χ2v) is 4.92. The van der Waals surface area contributed by atoms with E-state index in [1.807, 2.05) is 6.07 Å². The van der Waals surface area contributed by atoms with Gasteiger partial charge < -0.3 is 4.74 Å². The Kier molecular flexibility index (Phi) is 3.31. The van der Waals surface area contributed by atoms with Gasteiger partial charge in [0, 0.05) is 11.2 Å². The lowest BCUT2D eigenvalue weighted by molar-refractivity contribution is 0.462. The highest BCUT2D eigenvalue weighted by Crippen LogP contribution is 2.31. The summed E-state index contributed by atoms with van der Waals surface area (Å²) in [5.74, 6) is 1.06. The second-order valence-electron chi connectivity index (χ2n) is 3.73. The first-order valence-corrected chi connectivity index (χ1v) is 6.60. The molecule has 3 rings (SSSR count). The molecule has 0 amide bonds. The third-order valence-electron chi connectivity index (χ3n) is 2.49. The average Bonchev–Trinajstić information content (AvgIpc) is 2.41. The van der Waals surface area contributed by atoms with Crippen LogP contribution in [0.2, 0.25) is 5.02 Å². The second kappa shape index (κ2) is 5.11. The van der Waals surface area contributed by atoms with Gasteiger partial charge in [-0.2, -0.15) is 0 Å². The highest BCUT2D eigenvalue weighted by molar-refractivity contribution is 9.10. The third-order valence-corrected chi connectivity index (χ3v) is 3.32. The van der Waals surface area contributed by atoms with Crippen molar-refractivity contribution >= 4 is 38.4 Å². The maximum absolute atomic E-state index is 5.94. The molecule has 2 heterocycles. The number of ether oxygens (including phenoxy) is 1. The summed E-state index contributed by atoms with van der Waals surface area (Å²) in [6.07, 6.45) is 3.12. The predicted octanol–water partition coefficient (Wildman–Crippen LogP) is 4.23. The standard InChI is InChI=1S/C13H7BrClN3O/c14-12-11(2-1-5-16-12)19-13-9-4-3-8(15)6-10(9)17-7-18-13/h1-7H. The number of aromatic nitrogens is 3. The number of benzene rings is 1. The highest BCUT2D eigenvalue weighted by Gasteiger charge is 2.08. The van der Waals surface area contributed by atoms with Crippen molar-refractivity contribution in [3.05, 3.63) is 52.5 Å². The van der Waals surface area contributed by atoms with Crippen LogP contribution in [0, 0.1) is 0 Å². The molecule has 0 saturated carbocycles. The van der Waals surface area contributed by atoms with Gasteiger partial charge in [0.1, 0.15) is 10.9 Å². The van der Waals surface area contributed by atoms with E-state index >= 15 is 0 Å². The van der Waals surface area contributed by atoms with Crippen molar-refractivity contribution in [3.63, 3.8) is 0 Å². The number of hydrogen-bond donors (Lipinski definition) is 0. The molecule has 0 unspecified atom stereocenters. The molecule has 1 aromatic carbocycles. The molecule has 6 heteroatoms. The quantitative estimate of drug-likeness (QED) is 0.657. The average molecular weight is 337 g/mol. The van der Waals surface area contributed by atoms with Gasteiger partial charge in [-0.15, -0.1) is 0 Å². The fourth-order valence-electron chi connectivity index (χ4n) is 1.64. The minimum absolute atomic E-state index is 0.468. The van der Waals surface area contributed by atoms with E-state index in [0.717, 1.165) is 10.9 Å². The molecule has 0 spiro atoms. The lowest BCUT2D eigenvalue weighted by Crippen LogP contribution is -1.92. The molecular weight excluding hydrogens is 330 g/mol. The van der Waals surface area contributed by atoms with Crippen LogP contribution in [0.5, 0.6) is 11.6 Å². The van der Waals surface area contributed by atoms with E-state index in [1.54, 1.807) is 30.5 Å². The normalized spacial score (nSPS) is 10.6. The Bertz CT molecular complexity index is 751. The molecule has 94 valence electrons. The van der Waals surface area contributed by atoms with Gasteiger partial charge in [0.05, 0.1) is 10.9 Å². The van der Waals surface area contributed by atoms with Crippen LogP contribution < -0.4 is 4.74 Å². The van der Waals surface area contributed by atoms with E-state index in [2.05, 4.69) is 30.9 Å². The minimum Gasteiger partial charge on any atom is -0.435 e. The van der Waals surface area contributed by atoms with Gasteiger partial charge in [0.15, 0.2) is 5.75 Å². The van der Waals surface area contributed by atoms with E-state index < -0.39 is 0 Å². The summed E-state index contributed by atoms with van der Waals surface area (Å²) in [7, 11) is 0. The van der Waals surface area contributed by atoms with E-state index in [0.29, 0.717) is 21.3 Å². The van der Waals surface area contributed by atoms with Crippen molar-refractivity contribution in [1.29, 1.82) is 0 Å². The number of rotatable bonds is 2. The first-order chi connectivity index (χ1) is 9.24. The zero-order chi connectivity index (χ0) is 13.2. The Morgan fingerprint density at radius 3 is 2.84 bits per heavy atom. The van der Waals surface area contributed by atoms with Crippen molar-refractivity contribution in [2.24, 2.45) is 0 Å². The monoisotopic (exact) mass is 335 g/mol. The lowest BCUT2D eigenvalue weighted by atomic mass is 10.2. The van der Waals surface area contributed by atoms with Crippen molar-refractivity contribution in [2.45, 2.75) is 0 Å². The van der Waals surface area contributed by atoms with Gasteiger partial charge in [-0.3, -0.25) is 0 Å². The zero-order valence-electron chi connectivity index (χ0n) is 9.55. The molecule has 0 fully saturated rings. The van der Waals surface area contributed by atoms with Crippen LogP contribution in [-0.2, 0) is 0 Å². The van der Waals surface area contributed by atoms with Crippen LogP contribution in [0.3, 0.4) is 0 Å².